The molecule has 0 radical (unpaired) electrons. The Morgan fingerprint density at radius 1 is 1.41 bits per heavy atom. The fourth-order valence-electron chi connectivity index (χ4n) is 1.67. The maximum absolute atomic E-state index is 10.4. The summed E-state index contributed by atoms with van der Waals surface area (Å²) in [6.45, 7) is 2.76. The maximum Gasteiger partial charge on any atom is 0.303 e. The number of hydrogen-bond donors (Lipinski definition) is 2. The fraction of sp³-hybridized carbons (Fsp3) is 0.462. The van der Waals surface area contributed by atoms with E-state index >= 15 is 0 Å². The number of aliphatic carboxylic acids is 1. The molecule has 0 unspecified atom stereocenters. The van der Waals surface area contributed by atoms with Gasteiger partial charge in [0.15, 0.2) is 0 Å². The summed E-state index contributed by atoms with van der Waals surface area (Å²) in [5, 5.41) is 11.8. The molecule has 17 heavy (non-hydrogen) atoms. The van der Waals surface area contributed by atoms with E-state index in [1.54, 1.807) is 0 Å². The van der Waals surface area contributed by atoms with Gasteiger partial charge in [-0.3, -0.25) is 4.79 Å². The molecule has 1 aromatic rings. The number of nitrogens with one attached hydrogen (secondary N) is 1. The second-order valence-electron chi connectivity index (χ2n) is 4.32. The number of anilines is 2. The summed E-state index contributed by atoms with van der Waals surface area (Å²) in [7, 11) is 4.02. The summed E-state index contributed by atoms with van der Waals surface area (Å²) in [6, 6.07) is 6.16. The Hall–Kier alpha value is -1.71. The Morgan fingerprint density at radius 3 is 2.71 bits per heavy atom. The van der Waals surface area contributed by atoms with Gasteiger partial charge in [-0.1, -0.05) is 6.07 Å². The number of aryl methyl sites for hydroxylation is 1. The van der Waals surface area contributed by atoms with E-state index in [1.807, 2.05) is 20.2 Å². The SMILES string of the molecule is Cc1ccc(NCCCC(=O)O)cc1N(C)C. The lowest BCUT2D eigenvalue weighted by molar-refractivity contribution is -0.137. The minimum Gasteiger partial charge on any atom is -0.481 e. The lowest BCUT2D eigenvalue weighted by Gasteiger charge is -2.17. The molecule has 0 heterocycles. The van der Waals surface area contributed by atoms with Gasteiger partial charge in [-0.15, -0.1) is 0 Å². The van der Waals surface area contributed by atoms with E-state index in [0.29, 0.717) is 13.0 Å². The van der Waals surface area contributed by atoms with Crippen molar-refractivity contribution in [1.29, 1.82) is 0 Å². The van der Waals surface area contributed by atoms with Gasteiger partial charge in [0.25, 0.3) is 0 Å². The van der Waals surface area contributed by atoms with Crippen LogP contribution in [0.2, 0.25) is 0 Å². The first-order valence-corrected chi connectivity index (χ1v) is 5.74. The third-order valence-electron chi connectivity index (χ3n) is 2.59. The number of carboxylic acid groups (broad SMARTS) is 1. The first kappa shape index (κ1) is 13.4. The third-order valence-corrected chi connectivity index (χ3v) is 2.59. The summed E-state index contributed by atoms with van der Waals surface area (Å²) in [6.07, 6.45) is 0.847. The second-order valence-corrected chi connectivity index (χ2v) is 4.32. The van der Waals surface area contributed by atoms with E-state index in [9.17, 15) is 4.79 Å². The predicted octanol–water partition coefficient (Wildman–Crippen LogP) is 2.34. The number of benzene rings is 1. The van der Waals surface area contributed by atoms with Crippen molar-refractivity contribution in [2.45, 2.75) is 19.8 Å². The zero-order chi connectivity index (χ0) is 12.8. The molecule has 94 valence electrons. The molecule has 0 aliphatic heterocycles. The number of hydrogen-bond acceptors (Lipinski definition) is 3. The Balaban J connectivity index is 2.54. The molecule has 0 saturated heterocycles. The van der Waals surface area contributed by atoms with Crippen LogP contribution in [0.4, 0.5) is 11.4 Å². The Morgan fingerprint density at radius 2 is 2.12 bits per heavy atom. The van der Waals surface area contributed by atoms with Gasteiger partial charge in [0.2, 0.25) is 0 Å². The van der Waals surface area contributed by atoms with Crippen molar-refractivity contribution >= 4 is 17.3 Å². The zero-order valence-corrected chi connectivity index (χ0v) is 10.7. The molecule has 0 amide bonds. The van der Waals surface area contributed by atoms with Crippen LogP contribution in [0, 0.1) is 6.92 Å². The van der Waals surface area contributed by atoms with Crippen molar-refractivity contribution in [1.82, 2.24) is 0 Å². The summed E-state index contributed by atoms with van der Waals surface area (Å²) in [4.78, 5) is 12.4. The Labute approximate surface area is 102 Å². The van der Waals surface area contributed by atoms with Gasteiger partial charge in [-0.2, -0.15) is 0 Å². The highest BCUT2D eigenvalue weighted by Gasteiger charge is 2.02. The molecule has 0 aromatic heterocycles. The predicted molar refractivity (Wildman–Crippen MR) is 70.9 cm³/mol. The Bertz CT molecular complexity index is 389. The van der Waals surface area contributed by atoms with Crippen molar-refractivity contribution in [3.05, 3.63) is 23.8 Å². The van der Waals surface area contributed by atoms with Crippen LogP contribution in [-0.4, -0.2) is 31.7 Å². The normalized spacial score (nSPS) is 10.1. The van der Waals surface area contributed by atoms with E-state index in [2.05, 4.69) is 29.3 Å². The lowest BCUT2D eigenvalue weighted by atomic mass is 10.1. The topological polar surface area (TPSA) is 52.6 Å². The summed E-state index contributed by atoms with van der Waals surface area (Å²) >= 11 is 0. The van der Waals surface area contributed by atoms with E-state index in [0.717, 1.165) is 5.69 Å². The first-order valence-electron chi connectivity index (χ1n) is 5.74. The van der Waals surface area contributed by atoms with E-state index in [1.165, 1.54) is 11.3 Å². The zero-order valence-electron chi connectivity index (χ0n) is 10.7. The van der Waals surface area contributed by atoms with Crippen LogP contribution in [0.25, 0.3) is 0 Å². The molecular weight excluding hydrogens is 216 g/mol. The summed E-state index contributed by atoms with van der Waals surface area (Å²) < 4.78 is 0. The fourth-order valence-corrected chi connectivity index (χ4v) is 1.67. The van der Waals surface area contributed by atoms with Gasteiger partial charge in [0.05, 0.1) is 0 Å². The number of rotatable bonds is 6. The average Bonchev–Trinajstić information content (AvgIpc) is 2.25. The number of carboxylic acids is 1. The Kier molecular flexibility index (Phi) is 4.82. The van der Waals surface area contributed by atoms with Gasteiger partial charge >= 0.3 is 5.97 Å². The van der Waals surface area contributed by atoms with Crippen molar-refractivity contribution < 1.29 is 9.90 Å². The monoisotopic (exact) mass is 236 g/mol. The van der Waals surface area contributed by atoms with E-state index < -0.39 is 5.97 Å². The number of nitrogens with zero attached hydrogens (tertiary/aromatic N) is 1. The molecule has 2 N–H and O–H groups in total. The van der Waals surface area contributed by atoms with Gasteiger partial charge in [-0.25, -0.2) is 0 Å². The van der Waals surface area contributed by atoms with E-state index in [-0.39, 0.29) is 6.42 Å². The van der Waals surface area contributed by atoms with Crippen LogP contribution in [0.15, 0.2) is 18.2 Å². The quantitative estimate of drug-likeness (QED) is 0.744. The lowest BCUT2D eigenvalue weighted by Crippen LogP contribution is -2.11. The molecule has 4 nitrogen and oxygen atoms in total. The van der Waals surface area contributed by atoms with Crippen LogP contribution in [0.1, 0.15) is 18.4 Å². The highest BCUT2D eigenvalue weighted by Crippen LogP contribution is 2.22. The molecule has 0 atom stereocenters. The van der Waals surface area contributed by atoms with Crippen molar-refractivity contribution in [2.75, 3.05) is 30.9 Å². The van der Waals surface area contributed by atoms with Gasteiger partial charge in [0.1, 0.15) is 0 Å². The largest absolute Gasteiger partial charge is 0.481 e. The first-order chi connectivity index (χ1) is 8.00. The molecule has 1 rings (SSSR count). The molecule has 4 heteroatoms. The third kappa shape index (κ3) is 4.34. The van der Waals surface area contributed by atoms with Gasteiger partial charge in [0, 0.05) is 38.4 Å². The van der Waals surface area contributed by atoms with E-state index in [4.69, 9.17) is 5.11 Å². The molecule has 0 bridgehead atoms. The minimum atomic E-state index is -0.746. The van der Waals surface area contributed by atoms with Crippen LogP contribution in [0.5, 0.6) is 0 Å². The minimum absolute atomic E-state index is 0.208. The maximum atomic E-state index is 10.4. The highest BCUT2D eigenvalue weighted by atomic mass is 16.4. The average molecular weight is 236 g/mol. The standard InChI is InChI=1S/C13H20N2O2/c1-10-6-7-11(9-12(10)15(2)3)14-8-4-5-13(16)17/h6-7,9,14H,4-5,8H2,1-3H3,(H,16,17). The van der Waals surface area contributed by atoms with Gasteiger partial charge < -0.3 is 15.3 Å². The highest BCUT2D eigenvalue weighted by molar-refractivity contribution is 5.66. The summed E-state index contributed by atoms with van der Waals surface area (Å²) in [5.41, 5.74) is 3.43. The smallest absolute Gasteiger partial charge is 0.303 e. The molecule has 0 spiro atoms. The van der Waals surface area contributed by atoms with Crippen molar-refractivity contribution in [2.24, 2.45) is 0 Å². The second kappa shape index (κ2) is 6.13. The molecule has 0 saturated carbocycles. The number of carbonyl (C=O) groups is 1. The van der Waals surface area contributed by atoms with Crippen LogP contribution in [0.3, 0.4) is 0 Å². The van der Waals surface area contributed by atoms with Crippen LogP contribution < -0.4 is 10.2 Å². The molecular formula is C13H20N2O2. The van der Waals surface area contributed by atoms with Crippen LogP contribution >= 0.6 is 0 Å². The van der Waals surface area contributed by atoms with Crippen molar-refractivity contribution in [3.8, 4) is 0 Å². The van der Waals surface area contributed by atoms with Crippen LogP contribution in [-0.2, 0) is 4.79 Å². The molecule has 0 aliphatic rings. The van der Waals surface area contributed by atoms with Crippen molar-refractivity contribution in [3.63, 3.8) is 0 Å². The molecule has 0 aliphatic carbocycles. The molecule has 1 aromatic carbocycles. The molecule has 0 fully saturated rings. The summed E-state index contributed by atoms with van der Waals surface area (Å²) in [5.74, 6) is -0.746. The van der Waals surface area contributed by atoms with Gasteiger partial charge in [-0.05, 0) is 31.0 Å².